The third-order valence-corrected chi connectivity index (χ3v) is 3.48. The first-order valence-corrected chi connectivity index (χ1v) is 6.79. The van der Waals surface area contributed by atoms with Crippen LogP contribution in [0.2, 0.25) is 0 Å². The van der Waals surface area contributed by atoms with Gasteiger partial charge in [-0.15, -0.1) is 0 Å². The van der Waals surface area contributed by atoms with Gasteiger partial charge in [0.15, 0.2) is 0 Å². The van der Waals surface area contributed by atoms with Gasteiger partial charge in [-0.1, -0.05) is 6.07 Å². The first-order chi connectivity index (χ1) is 8.99. The van der Waals surface area contributed by atoms with Crippen LogP contribution in [0.15, 0.2) is 29.0 Å². The molecule has 102 valence electrons. The molecule has 1 atom stereocenters. The van der Waals surface area contributed by atoms with Crippen molar-refractivity contribution in [2.75, 3.05) is 0 Å². The molecule has 1 unspecified atom stereocenters. The molecule has 1 N–H and O–H groups in total. The van der Waals surface area contributed by atoms with E-state index in [0.29, 0.717) is 22.3 Å². The number of hydrogen-bond acceptors (Lipinski definition) is 3. The average Bonchev–Trinajstić information content (AvgIpc) is 2.80. The van der Waals surface area contributed by atoms with Gasteiger partial charge < -0.3 is 5.11 Å². The molecule has 0 spiro atoms. The van der Waals surface area contributed by atoms with Gasteiger partial charge in [0.25, 0.3) is 0 Å². The Hall–Kier alpha value is -1.27. The van der Waals surface area contributed by atoms with Crippen molar-refractivity contribution >= 4 is 15.9 Å². The van der Waals surface area contributed by atoms with Crippen molar-refractivity contribution < 1.29 is 9.50 Å². The van der Waals surface area contributed by atoms with Crippen molar-refractivity contribution in [1.82, 2.24) is 14.8 Å². The highest BCUT2D eigenvalue weighted by molar-refractivity contribution is 9.10. The topological polar surface area (TPSA) is 50.9 Å². The van der Waals surface area contributed by atoms with E-state index in [1.54, 1.807) is 16.8 Å². The first-order valence-electron chi connectivity index (χ1n) is 6.00. The van der Waals surface area contributed by atoms with Gasteiger partial charge in [-0.3, -0.25) is 0 Å². The minimum atomic E-state index is -0.802. The van der Waals surface area contributed by atoms with Gasteiger partial charge in [0, 0.05) is 12.5 Å². The summed E-state index contributed by atoms with van der Waals surface area (Å²) >= 11 is 3.09. The molecule has 4 nitrogen and oxygen atoms in total. The molecule has 0 radical (unpaired) electrons. The molecule has 0 bridgehead atoms. The molecule has 1 aromatic heterocycles. The lowest BCUT2D eigenvalue weighted by molar-refractivity contribution is 0.173. The minimum absolute atomic E-state index is 0.173. The molecule has 0 fully saturated rings. The van der Waals surface area contributed by atoms with Gasteiger partial charge in [0.05, 0.1) is 10.6 Å². The zero-order valence-corrected chi connectivity index (χ0v) is 12.3. The van der Waals surface area contributed by atoms with E-state index in [4.69, 9.17) is 0 Å². The molecule has 1 heterocycles. The number of rotatable bonds is 4. The van der Waals surface area contributed by atoms with Gasteiger partial charge in [0.2, 0.25) is 0 Å². The summed E-state index contributed by atoms with van der Waals surface area (Å²) in [5.74, 6) is 0.299. The Kier molecular flexibility index (Phi) is 4.31. The van der Waals surface area contributed by atoms with Crippen LogP contribution in [0, 0.1) is 5.82 Å². The van der Waals surface area contributed by atoms with Crippen LogP contribution in [0.3, 0.4) is 0 Å². The van der Waals surface area contributed by atoms with E-state index in [1.807, 2.05) is 13.8 Å². The van der Waals surface area contributed by atoms with E-state index < -0.39 is 6.10 Å². The summed E-state index contributed by atoms with van der Waals surface area (Å²) in [5, 5.41) is 14.3. The highest BCUT2D eigenvalue weighted by Gasteiger charge is 2.15. The van der Waals surface area contributed by atoms with Gasteiger partial charge >= 0.3 is 0 Å². The molecular weight excluding hydrogens is 313 g/mol. The van der Waals surface area contributed by atoms with E-state index in [1.165, 1.54) is 12.4 Å². The molecule has 0 aliphatic rings. The lowest BCUT2D eigenvalue weighted by atomic mass is 10.1. The lowest BCUT2D eigenvalue weighted by Crippen LogP contribution is -2.12. The summed E-state index contributed by atoms with van der Waals surface area (Å²) in [6.07, 6.45) is 0.966. The Morgan fingerprint density at radius 3 is 2.79 bits per heavy atom. The predicted octanol–water partition coefficient (Wildman–Crippen LogP) is 3.04. The lowest BCUT2D eigenvalue weighted by Gasteiger charge is -2.13. The fourth-order valence-electron chi connectivity index (χ4n) is 1.86. The van der Waals surface area contributed by atoms with E-state index in [2.05, 4.69) is 26.0 Å². The zero-order valence-electron chi connectivity index (χ0n) is 10.7. The molecular formula is C13H15BrFN3O. The second-order valence-corrected chi connectivity index (χ2v) is 5.46. The van der Waals surface area contributed by atoms with Crippen LogP contribution < -0.4 is 0 Å². The van der Waals surface area contributed by atoms with Crippen LogP contribution >= 0.6 is 15.9 Å². The normalized spacial score (nSPS) is 12.9. The summed E-state index contributed by atoms with van der Waals surface area (Å²) in [4.78, 5) is 4.13. The Labute approximate surface area is 119 Å². The molecule has 0 aliphatic carbocycles. The van der Waals surface area contributed by atoms with Crippen LogP contribution in [0.5, 0.6) is 0 Å². The van der Waals surface area contributed by atoms with Gasteiger partial charge in [-0.05, 0) is 47.5 Å². The Bertz CT molecular complexity index is 571. The minimum Gasteiger partial charge on any atom is -0.388 e. The zero-order chi connectivity index (χ0) is 14.0. The maximum atomic E-state index is 13.4. The van der Waals surface area contributed by atoms with Crippen molar-refractivity contribution in [2.24, 2.45) is 0 Å². The molecule has 2 aromatic rings. The molecule has 0 aliphatic heterocycles. The van der Waals surface area contributed by atoms with Gasteiger partial charge in [-0.25, -0.2) is 14.1 Å². The van der Waals surface area contributed by atoms with Crippen LogP contribution in [0.1, 0.15) is 37.4 Å². The first kappa shape index (κ1) is 14.1. The fraction of sp³-hybridized carbons (Fsp3) is 0.385. The standard InChI is InChI=1S/C13H15BrFN3O/c1-8(2)18-13(16-7-17-18)6-12(19)9-3-4-10(14)11(15)5-9/h3-5,7-8,12,19H,6H2,1-2H3. The predicted molar refractivity (Wildman–Crippen MR) is 73.2 cm³/mol. The third-order valence-electron chi connectivity index (χ3n) is 2.84. The fourth-order valence-corrected chi connectivity index (χ4v) is 2.11. The van der Waals surface area contributed by atoms with E-state index in [0.717, 1.165) is 0 Å². The Balaban J connectivity index is 2.18. The van der Waals surface area contributed by atoms with Crippen molar-refractivity contribution in [2.45, 2.75) is 32.4 Å². The highest BCUT2D eigenvalue weighted by Crippen LogP contribution is 2.23. The summed E-state index contributed by atoms with van der Waals surface area (Å²) in [6.45, 7) is 3.98. The Morgan fingerprint density at radius 2 is 2.16 bits per heavy atom. The van der Waals surface area contributed by atoms with E-state index in [-0.39, 0.29) is 11.9 Å². The molecule has 0 saturated heterocycles. The van der Waals surface area contributed by atoms with E-state index >= 15 is 0 Å². The SMILES string of the molecule is CC(C)n1ncnc1CC(O)c1ccc(Br)c(F)c1. The summed E-state index contributed by atoms with van der Waals surface area (Å²) < 4.78 is 15.6. The van der Waals surface area contributed by atoms with Crippen molar-refractivity contribution in [3.8, 4) is 0 Å². The number of halogens is 2. The van der Waals surface area contributed by atoms with Crippen molar-refractivity contribution in [1.29, 1.82) is 0 Å². The highest BCUT2D eigenvalue weighted by atomic mass is 79.9. The maximum absolute atomic E-state index is 13.4. The summed E-state index contributed by atoms with van der Waals surface area (Å²) in [6, 6.07) is 4.77. The van der Waals surface area contributed by atoms with Gasteiger partial charge in [0.1, 0.15) is 18.0 Å². The van der Waals surface area contributed by atoms with Crippen molar-refractivity contribution in [3.63, 3.8) is 0 Å². The molecule has 6 heteroatoms. The van der Waals surface area contributed by atoms with Crippen molar-refractivity contribution in [3.05, 3.63) is 46.2 Å². The molecule has 1 aromatic carbocycles. The largest absolute Gasteiger partial charge is 0.388 e. The quantitative estimate of drug-likeness (QED) is 0.939. The number of hydrogen-bond donors (Lipinski definition) is 1. The number of aliphatic hydroxyl groups is 1. The summed E-state index contributed by atoms with van der Waals surface area (Å²) in [5.41, 5.74) is 0.527. The van der Waals surface area contributed by atoms with Crippen LogP contribution in [0.25, 0.3) is 0 Å². The van der Waals surface area contributed by atoms with E-state index in [9.17, 15) is 9.50 Å². The second kappa shape index (κ2) is 5.79. The molecule has 0 amide bonds. The third kappa shape index (κ3) is 3.19. The van der Waals surface area contributed by atoms with Crippen LogP contribution in [-0.4, -0.2) is 19.9 Å². The van der Waals surface area contributed by atoms with Crippen LogP contribution in [-0.2, 0) is 6.42 Å². The average molecular weight is 328 g/mol. The molecule has 19 heavy (non-hydrogen) atoms. The number of aromatic nitrogens is 3. The molecule has 0 saturated carbocycles. The summed E-state index contributed by atoms with van der Waals surface area (Å²) in [7, 11) is 0. The van der Waals surface area contributed by atoms with Gasteiger partial charge in [-0.2, -0.15) is 5.10 Å². The molecule has 2 rings (SSSR count). The monoisotopic (exact) mass is 327 g/mol. The maximum Gasteiger partial charge on any atom is 0.138 e. The second-order valence-electron chi connectivity index (χ2n) is 4.61. The Morgan fingerprint density at radius 1 is 1.42 bits per heavy atom. The number of nitrogens with zero attached hydrogens (tertiary/aromatic N) is 3. The smallest absolute Gasteiger partial charge is 0.138 e. The number of aliphatic hydroxyl groups excluding tert-OH is 1. The van der Waals surface area contributed by atoms with Crippen LogP contribution in [0.4, 0.5) is 4.39 Å². The number of benzene rings is 1.